The Bertz CT molecular complexity index is 1170. The third-order valence-electron chi connectivity index (χ3n) is 6.65. The van der Waals surface area contributed by atoms with Gasteiger partial charge in [0.1, 0.15) is 11.5 Å². The zero-order chi connectivity index (χ0) is 26.5. The molecule has 36 heavy (non-hydrogen) atoms. The first-order chi connectivity index (χ1) is 16.7. The van der Waals surface area contributed by atoms with Gasteiger partial charge in [0.15, 0.2) is 5.01 Å². The molecule has 2 amide bonds. The van der Waals surface area contributed by atoms with E-state index in [-0.39, 0.29) is 17.2 Å². The van der Waals surface area contributed by atoms with E-state index in [2.05, 4.69) is 27.5 Å². The average Bonchev–Trinajstić information content (AvgIpc) is 3.23. The molecule has 1 aliphatic heterocycles. The number of aliphatic hydroxyl groups is 1. The van der Waals surface area contributed by atoms with Crippen LogP contribution in [0.4, 0.5) is 14.6 Å². The smallest absolute Gasteiger partial charge is 0.280 e. The fourth-order valence-electron chi connectivity index (χ4n) is 4.12. The lowest BCUT2D eigenvalue weighted by atomic mass is 10.1. The van der Waals surface area contributed by atoms with E-state index in [1.54, 1.807) is 27.0 Å². The number of thiazole rings is 1. The number of pyridine rings is 1. The van der Waals surface area contributed by atoms with E-state index < -0.39 is 42.3 Å². The van der Waals surface area contributed by atoms with Crippen LogP contribution in [0.15, 0.2) is 12.3 Å². The van der Waals surface area contributed by atoms with Crippen molar-refractivity contribution in [1.82, 2.24) is 20.2 Å². The zero-order valence-electron chi connectivity index (χ0n) is 21.2. The predicted molar refractivity (Wildman–Crippen MR) is 135 cm³/mol. The van der Waals surface area contributed by atoms with Crippen molar-refractivity contribution in [3.05, 3.63) is 28.5 Å². The van der Waals surface area contributed by atoms with Gasteiger partial charge in [-0.2, -0.15) is 0 Å². The number of nitrogens with zero attached hydrogens (tertiary/aromatic N) is 3. The van der Waals surface area contributed by atoms with E-state index in [4.69, 9.17) is 0 Å². The third-order valence-corrected chi connectivity index (χ3v) is 7.74. The van der Waals surface area contributed by atoms with E-state index in [0.29, 0.717) is 21.7 Å². The van der Waals surface area contributed by atoms with E-state index in [0.717, 1.165) is 28.3 Å². The summed E-state index contributed by atoms with van der Waals surface area (Å²) >= 11 is 1.01. The van der Waals surface area contributed by atoms with Crippen LogP contribution in [-0.2, 0) is 0 Å². The van der Waals surface area contributed by atoms with Crippen molar-refractivity contribution in [2.45, 2.75) is 71.4 Å². The Morgan fingerprint density at radius 2 is 2.03 bits per heavy atom. The number of alkyl halides is 2. The molecule has 0 radical (unpaired) electrons. The zero-order valence-corrected chi connectivity index (χ0v) is 22.1. The van der Waals surface area contributed by atoms with Crippen LogP contribution < -0.4 is 10.6 Å². The van der Waals surface area contributed by atoms with E-state index in [1.165, 1.54) is 12.8 Å². The molecule has 3 N–H and O–H groups in total. The summed E-state index contributed by atoms with van der Waals surface area (Å²) in [5.74, 6) is -3.46. The maximum absolute atomic E-state index is 14.0. The van der Waals surface area contributed by atoms with Crippen molar-refractivity contribution in [2.75, 3.05) is 25.0 Å². The van der Waals surface area contributed by atoms with Gasteiger partial charge >= 0.3 is 0 Å². The molecule has 0 unspecified atom stereocenters. The first-order valence-corrected chi connectivity index (χ1v) is 12.9. The number of nitrogens with one attached hydrogen (secondary N) is 2. The number of hydrogen-bond donors (Lipinski definition) is 3. The third kappa shape index (κ3) is 6.00. The predicted octanol–water partition coefficient (Wildman–Crippen LogP) is 4.10. The van der Waals surface area contributed by atoms with Crippen LogP contribution >= 0.6 is 11.3 Å². The molecule has 1 saturated carbocycles. The fraction of sp³-hybridized carbons (Fsp3) is 0.600. The molecule has 4 rings (SSSR count). The number of anilines is 1. The monoisotopic (exact) mass is 521 g/mol. The van der Waals surface area contributed by atoms with E-state index in [9.17, 15) is 23.5 Å². The molecular weight excluding hydrogens is 488 g/mol. The highest BCUT2D eigenvalue weighted by Gasteiger charge is 2.46. The first-order valence-electron chi connectivity index (χ1n) is 12.1. The minimum Gasteiger partial charge on any atom is -0.389 e. The molecule has 2 aliphatic rings. The van der Waals surface area contributed by atoms with Gasteiger partial charge in [-0.3, -0.25) is 9.59 Å². The molecule has 2 aromatic heterocycles. The van der Waals surface area contributed by atoms with Crippen molar-refractivity contribution in [1.29, 1.82) is 0 Å². The van der Waals surface area contributed by atoms with E-state index >= 15 is 0 Å². The van der Waals surface area contributed by atoms with Gasteiger partial charge in [-0.25, -0.2) is 18.7 Å². The second kappa shape index (κ2) is 9.33. The SMILES string of the molecule is Cc1cc(NCC2(C)CC2)ncc1-c1sc(C(=O)NCC(C)(C)O)nc1C(=O)N1CC(F)(F)C[C@@H]1C. The number of hydrogen-bond acceptors (Lipinski definition) is 7. The summed E-state index contributed by atoms with van der Waals surface area (Å²) in [7, 11) is 0. The molecular formula is C25H33F2N5O3S. The molecule has 8 nitrogen and oxygen atoms in total. The van der Waals surface area contributed by atoms with Crippen molar-refractivity contribution >= 4 is 29.0 Å². The molecule has 1 atom stereocenters. The molecule has 1 aliphatic carbocycles. The number of carbonyl (C=O) groups excluding carboxylic acids is 2. The number of amides is 2. The van der Waals surface area contributed by atoms with Crippen molar-refractivity contribution in [2.24, 2.45) is 5.41 Å². The van der Waals surface area contributed by atoms with Gasteiger partial charge in [0.25, 0.3) is 17.7 Å². The molecule has 3 heterocycles. The van der Waals surface area contributed by atoms with Gasteiger partial charge in [-0.15, -0.1) is 11.3 Å². The number of aryl methyl sites for hydroxylation is 1. The average molecular weight is 522 g/mol. The standard InChI is InChI=1S/C25H33F2N5O3S/c1-14-8-17(29-12-24(5)6-7-24)28-10-16(14)19-18(22(34)32-13-25(26,27)9-15(32)2)31-21(36-19)20(33)30-11-23(3,4)35/h8,10,15,35H,6-7,9,11-13H2,1-5H3,(H,28,29)(H,30,33)/t15-/m0/s1. The Labute approximate surface area is 213 Å². The molecule has 2 aromatic rings. The van der Waals surface area contributed by atoms with Crippen LogP contribution in [0, 0.1) is 12.3 Å². The summed E-state index contributed by atoms with van der Waals surface area (Å²) < 4.78 is 28.1. The quantitative estimate of drug-likeness (QED) is 0.483. The van der Waals surface area contributed by atoms with Gasteiger partial charge < -0.3 is 20.6 Å². The van der Waals surface area contributed by atoms with Gasteiger partial charge in [-0.05, 0) is 57.6 Å². The first kappa shape index (κ1) is 26.4. The largest absolute Gasteiger partial charge is 0.389 e. The summed E-state index contributed by atoms with van der Waals surface area (Å²) in [5, 5.41) is 15.9. The molecule has 0 aromatic carbocycles. The lowest BCUT2D eigenvalue weighted by Crippen LogP contribution is -2.38. The number of halogens is 2. The minimum atomic E-state index is -2.97. The Morgan fingerprint density at radius 1 is 1.33 bits per heavy atom. The lowest BCUT2D eigenvalue weighted by Gasteiger charge is -2.20. The summed E-state index contributed by atoms with van der Waals surface area (Å²) in [6, 6.07) is 1.21. The highest BCUT2D eigenvalue weighted by atomic mass is 32.1. The van der Waals surface area contributed by atoms with Crippen molar-refractivity contribution in [3.63, 3.8) is 0 Å². The highest BCUT2D eigenvalue weighted by Crippen LogP contribution is 2.45. The summed E-state index contributed by atoms with van der Waals surface area (Å²) in [4.78, 5) is 36.5. The number of rotatable bonds is 8. The molecule has 11 heteroatoms. The minimum absolute atomic E-state index is 0.0134. The number of aromatic nitrogens is 2. The van der Waals surface area contributed by atoms with Crippen LogP contribution in [0.25, 0.3) is 10.4 Å². The molecule has 196 valence electrons. The summed E-state index contributed by atoms with van der Waals surface area (Å²) in [6.45, 7) is 8.88. The normalized spacial score (nSPS) is 20.3. The summed E-state index contributed by atoms with van der Waals surface area (Å²) in [5.41, 5.74) is 0.541. The van der Waals surface area contributed by atoms with Crippen LogP contribution in [-0.4, -0.2) is 69.0 Å². The molecule has 0 spiro atoms. The Hall–Kier alpha value is -2.66. The van der Waals surface area contributed by atoms with Gasteiger partial charge in [0.2, 0.25) is 0 Å². The van der Waals surface area contributed by atoms with Crippen molar-refractivity contribution < 1.29 is 23.5 Å². The van der Waals surface area contributed by atoms with Gasteiger partial charge in [0.05, 0.1) is 17.0 Å². The second-order valence-electron chi connectivity index (χ2n) is 11.1. The second-order valence-corrected chi connectivity index (χ2v) is 12.1. The Kier molecular flexibility index (Phi) is 6.85. The van der Waals surface area contributed by atoms with Crippen LogP contribution in [0.5, 0.6) is 0 Å². The number of likely N-dealkylation sites (tertiary alicyclic amines) is 1. The lowest BCUT2D eigenvalue weighted by molar-refractivity contribution is 0.0118. The fourth-order valence-corrected chi connectivity index (χ4v) is 5.17. The van der Waals surface area contributed by atoms with Crippen LogP contribution in [0.2, 0.25) is 0 Å². The Balaban J connectivity index is 1.66. The topological polar surface area (TPSA) is 107 Å². The number of carbonyl (C=O) groups is 2. The van der Waals surface area contributed by atoms with E-state index in [1.807, 2.05) is 13.0 Å². The maximum Gasteiger partial charge on any atom is 0.280 e. The maximum atomic E-state index is 14.0. The summed E-state index contributed by atoms with van der Waals surface area (Å²) in [6.07, 6.45) is 3.56. The van der Waals surface area contributed by atoms with Gasteiger partial charge in [0, 0.05) is 37.3 Å². The van der Waals surface area contributed by atoms with Crippen LogP contribution in [0.1, 0.15) is 72.8 Å². The highest BCUT2D eigenvalue weighted by molar-refractivity contribution is 7.17. The van der Waals surface area contributed by atoms with Gasteiger partial charge in [-0.1, -0.05) is 6.92 Å². The Morgan fingerprint density at radius 3 is 2.58 bits per heavy atom. The molecule has 2 fully saturated rings. The molecule has 0 bridgehead atoms. The molecule has 1 saturated heterocycles. The van der Waals surface area contributed by atoms with Crippen LogP contribution in [0.3, 0.4) is 0 Å². The van der Waals surface area contributed by atoms with Crippen molar-refractivity contribution in [3.8, 4) is 10.4 Å².